The molecular weight excluding hydrogens is 236 g/mol. The topological polar surface area (TPSA) is 50.3 Å². The molecule has 6 heteroatoms. The van der Waals surface area contributed by atoms with E-state index in [-0.39, 0.29) is 0 Å². The molecule has 1 aromatic heterocycles. The number of hydrogen-bond acceptors (Lipinski definition) is 6. The quantitative estimate of drug-likeness (QED) is 0.864. The van der Waals surface area contributed by atoms with Gasteiger partial charge in [0.2, 0.25) is 0 Å². The van der Waals surface area contributed by atoms with Gasteiger partial charge in [-0.2, -0.15) is 0 Å². The Hall–Kier alpha value is -0.720. The number of hydrogen-bond donors (Lipinski definition) is 1. The Bertz CT molecular complexity index is 342. The van der Waals surface area contributed by atoms with Gasteiger partial charge in [-0.15, -0.1) is 5.10 Å². The first kappa shape index (κ1) is 12.7. The van der Waals surface area contributed by atoms with Crippen molar-refractivity contribution < 1.29 is 4.74 Å². The summed E-state index contributed by atoms with van der Waals surface area (Å²) in [5.74, 6) is 0.665. The van der Waals surface area contributed by atoms with Crippen LogP contribution in [0, 0.1) is 5.92 Å². The number of anilines is 1. The van der Waals surface area contributed by atoms with E-state index in [1.807, 2.05) is 7.05 Å². The van der Waals surface area contributed by atoms with Crippen molar-refractivity contribution in [2.24, 2.45) is 5.92 Å². The number of nitrogens with one attached hydrogen (secondary N) is 1. The fourth-order valence-corrected chi connectivity index (χ4v) is 2.90. The second kappa shape index (κ2) is 6.28. The average molecular weight is 256 g/mol. The number of ether oxygens (including phenoxy) is 1. The van der Waals surface area contributed by atoms with E-state index in [0.29, 0.717) is 5.92 Å². The molecule has 0 aliphatic carbocycles. The molecule has 2 rings (SSSR count). The summed E-state index contributed by atoms with van der Waals surface area (Å²) >= 11 is 1.43. The minimum Gasteiger partial charge on any atom is -0.384 e. The Kier molecular flexibility index (Phi) is 4.70. The fourth-order valence-electron chi connectivity index (χ4n) is 2.38. The standard InChI is InChI=1S/C11H20N4OS/c1-12-11-10(13-14-17-11)7-15-5-3-4-9(6-15)8-16-2/h9,12H,3-8H2,1-2H3. The molecule has 0 bridgehead atoms. The monoisotopic (exact) mass is 256 g/mol. The summed E-state index contributed by atoms with van der Waals surface area (Å²) in [6, 6.07) is 0. The second-order valence-electron chi connectivity index (χ2n) is 4.50. The molecule has 1 atom stereocenters. The molecule has 17 heavy (non-hydrogen) atoms. The van der Waals surface area contributed by atoms with Gasteiger partial charge in [-0.1, -0.05) is 4.49 Å². The van der Waals surface area contributed by atoms with Gasteiger partial charge in [0, 0.05) is 38.8 Å². The lowest BCUT2D eigenvalue weighted by molar-refractivity contribution is 0.0869. The van der Waals surface area contributed by atoms with Crippen LogP contribution in [0.15, 0.2) is 0 Å². The number of likely N-dealkylation sites (tertiary alicyclic amines) is 1. The summed E-state index contributed by atoms with van der Waals surface area (Å²) in [5, 5.41) is 8.41. The molecular formula is C11H20N4OS. The molecule has 0 spiro atoms. The number of methoxy groups -OCH3 is 1. The molecule has 0 radical (unpaired) electrons. The zero-order valence-electron chi connectivity index (χ0n) is 10.5. The van der Waals surface area contributed by atoms with Gasteiger partial charge in [0.1, 0.15) is 10.7 Å². The minimum atomic E-state index is 0.665. The molecule has 96 valence electrons. The van der Waals surface area contributed by atoms with Crippen LogP contribution in [0.1, 0.15) is 18.5 Å². The third kappa shape index (κ3) is 3.37. The molecule has 1 fully saturated rings. The molecule has 1 aliphatic heterocycles. The SMILES string of the molecule is CNc1snnc1CN1CCCC(COC)C1. The predicted octanol–water partition coefficient (Wildman–Crippen LogP) is 1.44. The molecule has 2 heterocycles. The van der Waals surface area contributed by atoms with E-state index in [4.69, 9.17) is 4.74 Å². The lowest BCUT2D eigenvalue weighted by Gasteiger charge is -2.31. The first-order valence-corrected chi connectivity index (χ1v) is 6.81. The van der Waals surface area contributed by atoms with Crippen LogP contribution in [0.4, 0.5) is 5.00 Å². The lowest BCUT2D eigenvalue weighted by Crippen LogP contribution is -2.36. The van der Waals surface area contributed by atoms with Gasteiger partial charge in [0.15, 0.2) is 0 Å². The largest absolute Gasteiger partial charge is 0.384 e. The van der Waals surface area contributed by atoms with Gasteiger partial charge >= 0.3 is 0 Å². The van der Waals surface area contributed by atoms with E-state index in [1.165, 1.54) is 24.4 Å². The summed E-state index contributed by atoms with van der Waals surface area (Å²) in [6.45, 7) is 4.02. The van der Waals surface area contributed by atoms with Crippen molar-refractivity contribution in [2.75, 3.05) is 39.2 Å². The van der Waals surface area contributed by atoms with Gasteiger partial charge in [-0.3, -0.25) is 4.90 Å². The number of nitrogens with zero attached hydrogens (tertiary/aromatic N) is 3. The van der Waals surface area contributed by atoms with Crippen LogP contribution in [-0.2, 0) is 11.3 Å². The van der Waals surface area contributed by atoms with Crippen LogP contribution in [-0.4, -0.2) is 48.3 Å². The van der Waals surface area contributed by atoms with E-state index < -0.39 is 0 Å². The zero-order chi connectivity index (χ0) is 12.1. The fraction of sp³-hybridized carbons (Fsp3) is 0.818. The van der Waals surface area contributed by atoms with Crippen molar-refractivity contribution in [3.8, 4) is 0 Å². The number of piperidine rings is 1. The Balaban J connectivity index is 1.90. The van der Waals surface area contributed by atoms with Crippen LogP contribution in [0.5, 0.6) is 0 Å². The molecule has 0 saturated carbocycles. The molecule has 0 aromatic carbocycles. The molecule has 0 amide bonds. The highest BCUT2D eigenvalue weighted by Crippen LogP contribution is 2.22. The van der Waals surface area contributed by atoms with Crippen molar-refractivity contribution >= 4 is 16.5 Å². The lowest BCUT2D eigenvalue weighted by atomic mass is 9.99. The molecule has 5 nitrogen and oxygen atoms in total. The van der Waals surface area contributed by atoms with E-state index in [0.717, 1.165) is 36.9 Å². The van der Waals surface area contributed by atoms with Gasteiger partial charge in [0.05, 0.1) is 6.61 Å². The van der Waals surface area contributed by atoms with Gasteiger partial charge < -0.3 is 10.1 Å². The van der Waals surface area contributed by atoms with E-state index >= 15 is 0 Å². The molecule has 1 aromatic rings. The molecule has 1 aliphatic rings. The van der Waals surface area contributed by atoms with Crippen LogP contribution < -0.4 is 5.32 Å². The van der Waals surface area contributed by atoms with Crippen LogP contribution >= 0.6 is 11.5 Å². The third-order valence-corrected chi connectivity index (χ3v) is 3.95. The zero-order valence-corrected chi connectivity index (χ0v) is 11.3. The second-order valence-corrected chi connectivity index (χ2v) is 5.25. The predicted molar refractivity (Wildman–Crippen MR) is 69.3 cm³/mol. The summed E-state index contributed by atoms with van der Waals surface area (Å²) in [4.78, 5) is 2.45. The van der Waals surface area contributed by atoms with Crippen molar-refractivity contribution in [2.45, 2.75) is 19.4 Å². The highest BCUT2D eigenvalue weighted by molar-refractivity contribution is 7.10. The average Bonchev–Trinajstić information content (AvgIpc) is 2.77. The summed E-state index contributed by atoms with van der Waals surface area (Å²) in [6.07, 6.45) is 2.53. The van der Waals surface area contributed by atoms with Crippen molar-refractivity contribution in [3.05, 3.63) is 5.69 Å². The summed E-state index contributed by atoms with van der Waals surface area (Å²) < 4.78 is 9.24. The van der Waals surface area contributed by atoms with Crippen molar-refractivity contribution in [1.29, 1.82) is 0 Å². The minimum absolute atomic E-state index is 0.665. The van der Waals surface area contributed by atoms with E-state index in [1.54, 1.807) is 7.11 Å². The van der Waals surface area contributed by atoms with E-state index in [9.17, 15) is 0 Å². The van der Waals surface area contributed by atoms with Crippen molar-refractivity contribution in [1.82, 2.24) is 14.5 Å². The maximum Gasteiger partial charge on any atom is 0.134 e. The Labute approximate surface area is 106 Å². The maximum atomic E-state index is 5.24. The highest BCUT2D eigenvalue weighted by atomic mass is 32.1. The smallest absolute Gasteiger partial charge is 0.134 e. The van der Waals surface area contributed by atoms with Gasteiger partial charge in [-0.05, 0) is 25.3 Å². The first-order chi connectivity index (χ1) is 8.33. The third-order valence-electron chi connectivity index (χ3n) is 3.16. The number of aromatic nitrogens is 2. The highest BCUT2D eigenvalue weighted by Gasteiger charge is 2.21. The van der Waals surface area contributed by atoms with Crippen LogP contribution in [0.2, 0.25) is 0 Å². The van der Waals surface area contributed by atoms with Crippen LogP contribution in [0.3, 0.4) is 0 Å². The Morgan fingerprint density at radius 1 is 1.59 bits per heavy atom. The van der Waals surface area contributed by atoms with Gasteiger partial charge in [-0.25, -0.2) is 0 Å². The molecule has 1 N–H and O–H groups in total. The summed E-state index contributed by atoms with van der Waals surface area (Å²) in [7, 11) is 3.70. The number of rotatable bonds is 5. The first-order valence-electron chi connectivity index (χ1n) is 6.03. The van der Waals surface area contributed by atoms with Gasteiger partial charge in [0.25, 0.3) is 0 Å². The molecule has 1 saturated heterocycles. The van der Waals surface area contributed by atoms with Crippen LogP contribution in [0.25, 0.3) is 0 Å². The Morgan fingerprint density at radius 3 is 3.24 bits per heavy atom. The van der Waals surface area contributed by atoms with Crippen molar-refractivity contribution in [3.63, 3.8) is 0 Å². The maximum absolute atomic E-state index is 5.24. The Morgan fingerprint density at radius 2 is 2.47 bits per heavy atom. The summed E-state index contributed by atoms with van der Waals surface area (Å²) in [5.41, 5.74) is 1.07. The van der Waals surface area contributed by atoms with E-state index in [2.05, 4.69) is 19.8 Å². The molecule has 1 unspecified atom stereocenters. The normalized spacial score (nSPS) is 21.6.